The van der Waals surface area contributed by atoms with E-state index in [1.807, 2.05) is 0 Å². The van der Waals surface area contributed by atoms with Gasteiger partial charge in [0.2, 0.25) is 11.7 Å². The van der Waals surface area contributed by atoms with Gasteiger partial charge in [0.25, 0.3) is 0 Å². The summed E-state index contributed by atoms with van der Waals surface area (Å²) in [6.45, 7) is 5.57. The first-order chi connectivity index (χ1) is 8.33. The highest BCUT2D eigenvalue weighted by molar-refractivity contribution is 4.95. The van der Waals surface area contributed by atoms with E-state index in [0.717, 1.165) is 19.6 Å². The van der Waals surface area contributed by atoms with Crippen LogP contribution in [0.2, 0.25) is 0 Å². The fourth-order valence-corrected chi connectivity index (χ4v) is 1.81. The Morgan fingerprint density at radius 3 is 3.24 bits per heavy atom. The number of hydrogen-bond donors (Lipinski definition) is 0. The number of hydrogen-bond acceptors (Lipinski definition) is 6. The van der Waals surface area contributed by atoms with Crippen LogP contribution in [-0.2, 0) is 11.2 Å². The number of ether oxygens (including phenoxy) is 1. The molecule has 92 valence electrons. The minimum atomic E-state index is -0.108. The van der Waals surface area contributed by atoms with E-state index in [-0.39, 0.29) is 6.10 Å². The van der Waals surface area contributed by atoms with E-state index in [4.69, 9.17) is 14.5 Å². The summed E-state index contributed by atoms with van der Waals surface area (Å²) in [5.41, 5.74) is 0. The zero-order valence-electron chi connectivity index (χ0n) is 9.93. The number of aromatic nitrogens is 2. The molecule has 0 spiro atoms. The molecule has 0 radical (unpaired) electrons. The Labute approximate surface area is 100 Å². The number of nitrogens with zero attached hydrogens (tertiary/aromatic N) is 4. The van der Waals surface area contributed by atoms with Crippen LogP contribution >= 0.6 is 0 Å². The average Bonchev–Trinajstić information content (AvgIpc) is 2.85. The molecule has 1 aliphatic heterocycles. The molecular weight excluding hydrogens is 220 g/mol. The van der Waals surface area contributed by atoms with Crippen molar-refractivity contribution in [1.82, 2.24) is 15.0 Å². The monoisotopic (exact) mass is 236 g/mol. The predicted octanol–water partition coefficient (Wildman–Crippen LogP) is 0.919. The molecule has 1 aliphatic rings. The lowest BCUT2D eigenvalue weighted by molar-refractivity contribution is -0.0334. The molecule has 1 atom stereocenters. The van der Waals surface area contributed by atoms with Crippen molar-refractivity contribution in [2.24, 2.45) is 0 Å². The molecule has 6 heteroatoms. The summed E-state index contributed by atoms with van der Waals surface area (Å²) < 4.78 is 10.7. The lowest BCUT2D eigenvalue weighted by atomic mass is 10.2. The van der Waals surface area contributed by atoms with Gasteiger partial charge in [-0.2, -0.15) is 10.2 Å². The number of aryl methyl sites for hydroxylation is 1. The van der Waals surface area contributed by atoms with E-state index in [0.29, 0.717) is 31.2 Å². The van der Waals surface area contributed by atoms with Crippen molar-refractivity contribution in [3.8, 4) is 6.07 Å². The smallest absolute Gasteiger partial charge is 0.227 e. The molecule has 0 aromatic carbocycles. The van der Waals surface area contributed by atoms with E-state index < -0.39 is 0 Å². The fraction of sp³-hybridized carbons (Fsp3) is 0.727. The summed E-state index contributed by atoms with van der Waals surface area (Å²) in [4.78, 5) is 6.55. The Hall–Kier alpha value is -1.45. The van der Waals surface area contributed by atoms with Gasteiger partial charge < -0.3 is 9.26 Å². The molecule has 1 aromatic rings. The minimum Gasteiger partial charge on any atom is -0.367 e. The van der Waals surface area contributed by atoms with Crippen molar-refractivity contribution >= 4 is 0 Å². The number of morpholine rings is 1. The topological polar surface area (TPSA) is 75.2 Å². The third kappa shape index (κ3) is 3.02. The van der Waals surface area contributed by atoms with Crippen LogP contribution in [0.15, 0.2) is 4.52 Å². The van der Waals surface area contributed by atoms with Gasteiger partial charge in [0.05, 0.1) is 12.7 Å². The Morgan fingerprint density at radius 1 is 1.59 bits per heavy atom. The van der Waals surface area contributed by atoms with Gasteiger partial charge in [-0.1, -0.05) is 12.1 Å². The molecule has 17 heavy (non-hydrogen) atoms. The normalized spacial score (nSPS) is 21.3. The average molecular weight is 236 g/mol. The van der Waals surface area contributed by atoms with Crippen LogP contribution in [0.3, 0.4) is 0 Å². The first-order valence-corrected chi connectivity index (χ1v) is 5.87. The molecule has 1 fully saturated rings. The number of nitriles is 1. The number of rotatable bonds is 4. The summed E-state index contributed by atoms with van der Waals surface area (Å²) in [5, 5.41) is 12.4. The Balaban J connectivity index is 1.97. The Kier molecular flexibility index (Phi) is 4.07. The van der Waals surface area contributed by atoms with Gasteiger partial charge in [0.15, 0.2) is 0 Å². The van der Waals surface area contributed by atoms with E-state index in [2.05, 4.69) is 28.0 Å². The third-order valence-electron chi connectivity index (χ3n) is 2.82. The van der Waals surface area contributed by atoms with Crippen LogP contribution in [-0.4, -0.2) is 41.3 Å². The fourth-order valence-electron chi connectivity index (χ4n) is 1.81. The summed E-state index contributed by atoms with van der Waals surface area (Å²) >= 11 is 0. The predicted molar refractivity (Wildman–Crippen MR) is 59.0 cm³/mol. The Bertz CT molecular complexity index is 398. The highest BCUT2D eigenvalue weighted by Gasteiger charge is 2.25. The first kappa shape index (κ1) is 12.0. The Morgan fingerprint density at radius 2 is 2.47 bits per heavy atom. The van der Waals surface area contributed by atoms with Gasteiger partial charge in [-0.3, -0.25) is 4.90 Å². The van der Waals surface area contributed by atoms with Gasteiger partial charge in [0, 0.05) is 25.9 Å². The lowest BCUT2D eigenvalue weighted by Gasteiger charge is -2.30. The van der Waals surface area contributed by atoms with Crippen molar-refractivity contribution < 1.29 is 9.26 Å². The number of likely N-dealkylation sites (N-methyl/N-ethyl adjacent to an activating group) is 1. The van der Waals surface area contributed by atoms with Crippen LogP contribution < -0.4 is 0 Å². The van der Waals surface area contributed by atoms with Crippen LogP contribution in [0.5, 0.6) is 0 Å². The van der Waals surface area contributed by atoms with E-state index in [9.17, 15) is 0 Å². The summed E-state index contributed by atoms with van der Waals surface area (Å²) in [6, 6.07) is 2.05. The third-order valence-corrected chi connectivity index (χ3v) is 2.82. The van der Waals surface area contributed by atoms with Crippen molar-refractivity contribution in [1.29, 1.82) is 5.26 Å². The molecule has 2 heterocycles. The molecule has 0 saturated carbocycles. The van der Waals surface area contributed by atoms with Crippen molar-refractivity contribution in [2.75, 3.05) is 26.2 Å². The van der Waals surface area contributed by atoms with Gasteiger partial charge in [-0.05, 0) is 6.54 Å². The zero-order valence-corrected chi connectivity index (χ0v) is 9.93. The molecular formula is C11H16N4O2. The maximum atomic E-state index is 8.48. The van der Waals surface area contributed by atoms with Crippen molar-refractivity contribution in [3.05, 3.63) is 11.7 Å². The van der Waals surface area contributed by atoms with Crippen LogP contribution in [0.25, 0.3) is 0 Å². The van der Waals surface area contributed by atoms with Gasteiger partial charge in [-0.25, -0.2) is 0 Å². The highest BCUT2D eigenvalue weighted by Crippen LogP contribution is 2.19. The molecule has 1 aromatic heterocycles. The van der Waals surface area contributed by atoms with Gasteiger partial charge in [0.1, 0.15) is 6.10 Å². The molecule has 0 aliphatic carbocycles. The first-order valence-electron chi connectivity index (χ1n) is 5.87. The second kappa shape index (κ2) is 5.75. The molecule has 1 saturated heterocycles. The minimum absolute atomic E-state index is 0.108. The second-order valence-corrected chi connectivity index (χ2v) is 3.96. The largest absolute Gasteiger partial charge is 0.367 e. The second-order valence-electron chi connectivity index (χ2n) is 3.96. The van der Waals surface area contributed by atoms with E-state index in [1.165, 1.54) is 0 Å². The van der Waals surface area contributed by atoms with Gasteiger partial charge >= 0.3 is 0 Å². The van der Waals surface area contributed by atoms with Crippen molar-refractivity contribution in [2.45, 2.75) is 25.9 Å². The van der Waals surface area contributed by atoms with Crippen molar-refractivity contribution in [3.63, 3.8) is 0 Å². The molecule has 6 nitrogen and oxygen atoms in total. The summed E-state index contributed by atoms with van der Waals surface area (Å²) in [6.07, 6.45) is 0.797. The highest BCUT2D eigenvalue weighted by atomic mass is 16.5. The van der Waals surface area contributed by atoms with E-state index in [1.54, 1.807) is 0 Å². The molecule has 1 unspecified atom stereocenters. The van der Waals surface area contributed by atoms with E-state index >= 15 is 0 Å². The van der Waals surface area contributed by atoms with Gasteiger partial charge in [-0.15, -0.1) is 0 Å². The quantitative estimate of drug-likeness (QED) is 0.773. The summed E-state index contributed by atoms with van der Waals surface area (Å²) in [7, 11) is 0. The molecule has 0 N–H and O–H groups in total. The molecule has 0 amide bonds. The maximum absolute atomic E-state index is 8.48. The maximum Gasteiger partial charge on any atom is 0.227 e. The van der Waals surface area contributed by atoms with Crippen LogP contribution in [0, 0.1) is 11.3 Å². The van der Waals surface area contributed by atoms with Crippen LogP contribution in [0.1, 0.15) is 31.2 Å². The van der Waals surface area contributed by atoms with Crippen LogP contribution in [0.4, 0.5) is 0 Å². The lowest BCUT2D eigenvalue weighted by Crippen LogP contribution is -2.38. The summed E-state index contributed by atoms with van der Waals surface area (Å²) in [5.74, 6) is 1.11. The molecule has 2 rings (SSSR count). The SMILES string of the molecule is CCN1CCOC(c2noc(CCC#N)n2)C1. The molecule has 0 bridgehead atoms. The standard InChI is InChI=1S/C11H16N4O2/c1-2-15-6-7-16-9(8-15)11-13-10(17-14-11)4-3-5-12/h9H,2-4,6-8H2,1H3. The zero-order chi connectivity index (χ0) is 12.1.